The van der Waals surface area contributed by atoms with Crippen LogP contribution in [0.15, 0.2) is 18.2 Å². The molecule has 0 bridgehead atoms. The summed E-state index contributed by atoms with van der Waals surface area (Å²) in [4.78, 5) is 13.3. The Morgan fingerprint density at radius 2 is 2.19 bits per heavy atom. The van der Waals surface area contributed by atoms with Crippen molar-refractivity contribution < 1.29 is 14.3 Å². The number of likely N-dealkylation sites (tertiary alicyclic amines) is 1. The minimum atomic E-state index is -0.714. The van der Waals surface area contributed by atoms with Crippen molar-refractivity contribution in [1.29, 1.82) is 0 Å². The van der Waals surface area contributed by atoms with Crippen molar-refractivity contribution in [3.63, 3.8) is 0 Å². The van der Waals surface area contributed by atoms with E-state index in [4.69, 9.17) is 5.11 Å². The number of aryl methyl sites for hydroxylation is 1. The van der Waals surface area contributed by atoms with Gasteiger partial charge in [-0.1, -0.05) is 12.5 Å². The van der Waals surface area contributed by atoms with Crippen LogP contribution >= 0.6 is 0 Å². The predicted octanol–water partition coefficient (Wildman–Crippen LogP) is 3.53. The molecular formula is C17H22FNO2. The minimum absolute atomic E-state index is 0.157. The van der Waals surface area contributed by atoms with Gasteiger partial charge in [-0.25, -0.2) is 4.39 Å². The summed E-state index contributed by atoms with van der Waals surface area (Å²) in [6, 6.07) is 5.83. The van der Waals surface area contributed by atoms with Gasteiger partial charge in [0, 0.05) is 18.5 Å². The fourth-order valence-electron chi connectivity index (χ4n) is 3.94. The standard InChI is InChI=1S/C17H22FNO2/c18-13-5-7-15-12(11-13)4-8-16(15)19-10-2-1-3-14(19)6-9-17(20)21/h5,7,11,14,16H,1-4,6,8-10H2,(H,20,21). The second kappa shape index (κ2) is 6.14. The number of hydrogen-bond donors (Lipinski definition) is 1. The molecule has 1 heterocycles. The predicted molar refractivity (Wildman–Crippen MR) is 78.7 cm³/mol. The summed E-state index contributed by atoms with van der Waals surface area (Å²) in [6.45, 7) is 1.03. The summed E-state index contributed by atoms with van der Waals surface area (Å²) in [5.74, 6) is -0.870. The molecule has 1 aromatic carbocycles. The molecule has 1 aliphatic carbocycles. The molecule has 2 aliphatic rings. The van der Waals surface area contributed by atoms with Gasteiger partial charge in [0.15, 0.2) is 0 Å². The fourth-order valence-corrected chi connectivity index (χ4v) is 3.94. The lowest BCUT2D eigenvalue weighted by Gasteiger charge is -2.40. The van der Waals surface area contributed by atoms with E-state index in [1.54, 1.807) is 12.1 Å². The smallest absolute Gasteiger partial charge is 0.303 e. The van der Waals surface area contributed by atoms with Gasteiger partial charge in [0.2, 0.25) is 0 Å². The van der Waals surface area contributed by atoms with E-state index in [-0.39, 0.29) is 12.2 Å². The zero-order valence-corrected chi connectivity index (χ0v) is 12.2. The highest BCUT2D eigenvalue weighted by Gasteiger charge is 2.33. The van der Waals surface area contributed by atoms with Gasteiger partial charge < -0.3 is 5.11 Å². The lowest BCUT2D eigenvalue weighted by atomic mass is 9.94. The highest BCUT2D eigenvalue weighted by Crippen LogP contribution is 2.40. The number of aliphatic carboxylic acids is 1. The van der Waals surface area contributed by atoms with E-state index < -0.39 is 5.97 Å². The van der Waals surface area contributed by atoms with Crippen molar-refractivity contribution in [2.24, 2.45) is 0 Å². The molecule has 0 radical (unpaired) electrons. The number of piperidine rings is 1. The Morgan fingerprint density at radius 3 is 3.00 bits per heavy atom. The molecule has 1 aliphatic heterocycles. The highest BCUT2D eigenvalue weighted by molar-refractivity contribution is 5.66. The first-order chi connectivity index (χ1) is 10.1. The zero-order valence-electron chi connectivity index (χ0n) is 12.2. The summed E-state index contributed by atoms with van der Waals surface area (Å²) in [5, 5.41) is 8.92. The van der Waals surface area contributed by atoms with Crippen LogP contribution < -0.4 is 0 Å². The fraction of sp³-hybridized carbons (Fsp3) is 0.588. The Morgan fingerprint density at radius 1 is 1.33 bits per heavy atom. The van der Waals surface area contributed by atoms with E-state index >= 15 is 0 Å². The van der Waals surface area contributed by atoms with Gasteiger partial charge in [0.05, 0.1) is 0 Å². The van der Waals surface area contributed by atoms with Crippen LogP contribution in [0.5, 0.6) is 0 Å². The van der Waals surface area contributed by atoms with E-state index in [2.05, 4.69) is 4.90 Å². The van der Waals surface area contributed by atoms with Gasteiger partial charge in [0.25, 0.3) is 0 Å². The third-order valence-electron chi connectivity index (χ3n) is 4.92. The quantitative estimate of drug-likeness (QED) is 0.922. The summed E-state index contributed by atoms with van der Waals surface area (Å²) >= 11 is 0. The lowest BCUT2D eigenvalue weighted by molar-refractivity contribution is -0.137. The van der Waals surface area contributed by atoms with Crippen LogP contribution in [0, 0.1) is 5.82 Å². The molecule has 1 N–H and O–H groups in total. The number of carboxylic acid groups (broad SMARTS) is 1. The van der Waals surface area contributed by atoms with Crippen molar-refractivity contribution in [1.82, 2.24) is 4.90 Å². The number of benzene rings is 1. The van der Waals surface area contributed by atoms with E-state index in [1.165, 1.54) is 18.4 Å². The SMILES string of the molecule is O=C(O)CCC1CCCCN1C1CCc2cc(F)ccc21. The number of rotatable bonds is 4. The first kappa shape index (κ1) is 14.5. The summed E-state index contributed by atoms with van der Waals surface area (Å²) < 4.78 is 13.3. The number of carboxylic acids is 1. The third kappa shape index (κ3) is 3.10. The van der Waals surface area contributed by atoms with Crippen LogP contribution in [-0.2, 0) is 11.2 Å². The highest BCUT2D eigenvalue weighted by atomic mass is 19.1. The normalized spacial score (nSPS) is 25.8. The summed E-state index contributed by atoms with van der Waals surface area (Å²) in [7, 11) is 0. The van der Waals surface area contributed by atoms with Crippen molar-refractivity contribution >= 4 is 5.97 Å². The first-order valence-corrected chi connectivity index (χ1v) is 7.91. The molecule has 3 nitrogen and oxygen atoms in total. The van der Waals surface area contributed by atoms with Gasteiger partial charge in [-0.15, -0.1) is 0 Å². The Hall–Kier alpha value is -1.42. The third-order valence-corrected chi connectivity index (χ3v) is 4.92. The molecule has 2 atom stereocenters. The Bertz CT molecular complexity index is 532. The van der Waals surface area contributed by atoms with Crippen molar-refractivity contribution in [3.05, 3.63) is 35.1 Å². The second-order valence-electron chi connectivity index (χ2n) is 6.22. The topological polar surface area (TPSA) is 40.5 Å². The molecule has 1 saturated heterocycles. The maximum Gasteiger partial charge on any atom is 0.303 e. The molecule has 4 heteroatoms. The van der Waals surface area contributed by atoms with E-state index in [0.29, 0.717) is 12.1 Å². The molecule has 1 fully saturated rings. The van der Waals surface area contributed by atoms with Crippen LogP contribution in [-0.4, -0.2) is 28.6 Å². The molecule has 3 rings (SSSR count). The number of halogens is 1. The molecule has 0 amide bonds. The van der Waals surface area contributed by atoms with Crippen molar-refractivity contribution in [2.45, 2.75) is 57.0 Å². The molecule has 114 valence electrons. The van der Waals surface area contributed by atoms with Gasteiger partial charge in [-0.2, -0.15) is 0 Å². The first-order valence-electron chi connectivity index (χ1n) is 7.91. The van der Waals surface area contributed by atoms with E-state index in [1.807, 2.05) is 6.07 Å². The van der Waals surface area contributed by atoms with Crippen molar-refractivity contribution in [2.75, 3.05) is 6.54 Å². The van der Waals surface area contributed by atoms with Crippen LogP contribution in [0.1, 0.15) is 55.7 Å². The Kier molecular flexibility index (Phi) is 4.24. The molecule has 0 spiro atoms. The van der Waals surface area contributed by atoms with Gasteiger partial charge in [0.1, 0.15) is 5.82 Å². The number of carbonyl (C=O) groups is 1. The zero-order chi connectivity index (χ0) is 14.8. The van der Waals surface area contributed by atoms with Crippen LogP contribution in [0.3, 0.4) is 0 Å². The minimum Gasteiger partial charge on any atom is -0.481 e. The maximum atomic E-state index is 13.3. The molecular weight excluding hydrogens is 269 g/mol. The Labute approximate surface area is 124 Å². The molecule has 21 heavy (non-hydrogen) atoms. The summed E-state index contributed by atoms with van der Waals surface area (Å²) in [5.41, 5.74) is 2.38. The average Bonchev–Trinajstić information content (AvgIpc) is 2.88. The van der Waals surface area contributed by atoms with Crippen LogP contribution in [0.4, 0.5) is 4.39 Å². The number of hydrogen-bond acceptors (Lipinski definition) is 2. The molecule has 2 unspecified atom stereocenters. The van der Waals surface area contributed by atoms with Crippen molar-refractivity contribution in [3.8, 4) is 0 Å². The van der Waals surface area contributed by atoms with Crippen LogP contribution in [0.2, 0.25) is 0 Å². The van der Waals surface area contributed by atoms with E-state index in [9.17, 15) is 9.18 Å². The number of nitrogens with zero attached hydrogens (tertiary/aromatic N) is 1. The summed E-state index contributed by atoms with van der Waals surface area (Å²) in [6.07, 6.45) is 6.37. The number of fused-ring (bicyclic) bond motifs is 1. The largest absolute Gasteiger partial charge is 0.481 e. The molecule has 1 aromatic rings. The van der Waals surface area contributed by atoms with Gasteiger partial charge in [-0.05, 0) is 61.9 Å². The second-order valence-corrected chi connectivity index (χ2v) is 6.22. The van der Waals surface area contributed by atoms with Crippen LogP contribution in [0.25, 0.3) is 0 Å². The Balaban J connectivity index is 1.77. The molecule has 0 aromatic heterocycles. The van der Waals surface area contributed by atoms with Gasteiger partial charge in [-0.3, -0.25) is 9.69 Å². The monoisotopic (exact) mass is 291 g/mol. The lowest BCUT2D eigenvalue weighted by Crippen LogP contribution is -2.41. The van der Waals surface area contributed by atoms with Gasteiger partial charge >= 0.3 is 5.97 Å². The average molecular weight is 291 g/mol. The van der Waals surface area contributed by atoms with E-state index in [0.717, 1.165) is 37.8 Å². The molecule has 0 saturated carbocycles. The maximum absolute atomic E-state index is 13.3.